The lowest BCUT2D eigenvalue weighted by Gasteiger charge is -2.10. The second-order valence-electron chi connectivity index (χ2n) is 6.89. The van der Waals surface area contributed by atoms with Crippen LogP contribution in [-0.2, 0) is 9.53 Å². The number of esters is 1. The Morgan fingerprint density at radius 3 is 2.30 bits per heavy atom. The number of anilines is 1. The number of hydrogen-bond donors (Lipinski definition) is 1. The number of hydrogen-bond acceptors (Lipinski definition) is 6. The van der Waals surface area contributed by atoms with Gasteiger partial charge in [-0.05, 0) is 64.3 Å². The molecule has 0 aliphatic carbocycles. The number of ketones is 1. The average Bonchev–Trinajstić information content (AvgIpc) is 2.99. The second kappa shape index (κ2) is 10.3. The van der Waals surface area contributed by atoms with Crippen LogP contribution in [0.25, 0.3) is 0 Å². The standard InChI is InChI=1S/C22H26ClNO6/c1-6-28-22(27)19-18(14(4)25)15(5)30-21(19)24-17(26)8-7-9-29-16-10-12(2)20(23)13(3)11-16/h10-11H,6-9H2,1-5H3,(H,24,26). The summed E-state index contributed by atoms with van der Waals surface area (Å²) in [5, 5.41) is 3.26. The van der Waals surface area contributed by atoms with Crippen LogP contribution in [0, 0.1) is 20.8 Å². The Bertz CT molecular complexity index is 940. The van der Waals surface area contributed by atoms with Gasteiger partial charge >= 0.3 is 5.97 Å². The van der Waals surface area contributed by atoms with E-state index in [2.05, 4.69) is 5.32 Å². The van der Waals surface area contributed by atoms with Gasteiger partial charge in [0.1, 0.15) is 17.1 Å². The topological polar surface area (TPSA) is 94.8 Å². The lowest BCUT2D eigenvalue weighted by molar-refractivity contribution is -0.116. The molecule has 0 radical (unpaired) electrons. The number of Topliss-reactive ketones (excluding diaryl/α,β-unsaturated/α-hetero) is 1. The van der Waals surface area contributed by atoms with Crippen LogP contribution in [0.5, 0.6) is 5.75 Å². The smallest absolute Gasteiger partial charge is 0.344 e. The summed E-state index contributed by atoms with van der Waals surface area (Å²) in [6.07, 6.45) is 0.587. The Morgan fingerprint density at radius 2 is 1.73 bits per heavy atom. The maximum atomic E-state index is 12.3. The molecular weight excluding hydrogens is 410 g/mol. The molecule has 0 saturated heterocycles. The van der Waals surface area contributed by atoms with Gasteiger partial charge in [-0.2, -0.15) is 0 Å². The Hall–Kier alpha value is -2.80. The molecule has 0 atom stereocenters. The Balaban J connectivity index is 1.99. The van der Waals surface area contributed by atoms with E-state index in [1.165, 1.54) is 6.92 Å². The van der Waals surface area contributed by atoms with Gasteiger partial charge in [0.05, 0.1) is 18.8 Å². The molecule has 0 spiro atoms. The first-order valence-corrected chi connectivity index (χ1v) is 10.0. The maximum absolute atomic E-state index is 12.3. The van der Waals surface area contributed by atoms with E-state index in [0.29, 0.717) is 23.8 Å². The maximum Gasteiger partial charge on any atom is 0.344 e. The number of ether oxygens (including phenoxy) is 2. The largest absolute Gasteiger partial charge is 0.494 e. The van der Waals surface area contributed by atoms with E-state index in [1.54, 1.807) is 13.8 Å². The van der Waals surface area contributed by atoms with Crippen molar-refractivity contribution in [3.63, 3.8) is 0 Å². The van der Waals surface area contributed by atoms with E-state index >= 15 is 0 Å². The van der Waals surface area contributed by atoms with Crippen LogP contribution in [0.1, 0.15) is 64.3 Å². The number of halogens is 1. The molecule has 1 aromatic heterocycles. The Kier molecular flexibility index (Phi) is 8.06. The third-order valence-electron chi connectivity index (χ3n) is 4.40. The molecule has 1 amide bonds. The monoisotopic (exact) mass is 435 g/mol. The SMILES string of the molecule is CCOC(=O)c1c(NC(=O)CCCOc2cc(C)c(Cl)c(C)c2)oc(C)c1C(C)=O. The fourth-order valence-electron chi connectivity index (χ4n) is 3.06. The number of furan rings is 1. The molecule has 1 N–H and O–H groups in total. The van der Waals surface area contributed by atoms with Gasteiger partial charge in [0.25, 0.3) is 0 Å². The predicted octanol–water partition coefficient (Wildman–Crippen LogP) is 5.04. The number of amides is 1. The first-order valence-electron chi connectivity index (χ1n) is 9.66. The van der Waals surface area contributed by atoms with E-state index in [-0.39, 0.29) is 47.5 Å². The molecule has 0 saturated carbocycles. The zero-order valence-electron chi connectivity index (χ0n) is 17.8. The van der Waals surface area contributed by atoms with Crippen LogP contribution in [0.4, 0.5) is 5.88 Å². The first kappa shape index (κ1) is 23.5. The van der Waals surface area contributed by atoms with E-state index in [1.807, 2.05) is 26.0 Å². The van der Waals surface area contributed by atoms with Crippen LogP contribution in [0.3, 0.4) is 0 Å². The first-order chi connectivity index (χ1) is 14.1. The summed E-state index contributed by atoms with van der Waals surface area (Å²) in [4.78, 5) is 36.5. The molecule has 0 aliphatic heterocycles. The van der Waals surface area contributed by atoms with Crippen molar-refractivity contribution in [2.75, 3.05) is 18.5 Å². The van der Waals surface area contributed by atoms with Crippen molar-refractivity contribution < 1.29 is 28.3 Å². The highest BCUT2D eigenvalue weighted by atomic mass is 35.5. The molecule has 1 heterocycles. The number of carbonyl (C=O) groups excluding carboxylic acids is 3. The number of carbonyl (C=O) groups is 3. The van der Waals surface area contributed by atoms with Crippen molar-refractivity contribution in [1.29, 1.82) is 0 Å². The lowest BCUT2D eigenvalue weighted by atomic mass is 10.1. The predicted molar refractivity (Wildman–Crippen MR) is 114 cm³/mol. The minimum atomic E-state index is -0.716. The average molecular weight is 436 g/mol. The molecule has 2 aromatic rings. The molecule has 0 fully saturated rings. The normalized spacial score (nSPS) is 10.6. The third-order valence-corrected chi connectivity index (χ3v) is 4.99. The molecule has 162 valence electrons. The number of aryl methyl sites for hydroxylation is 3. The quantitative estimate of drug-likeness (QED) is 0.337. The van der Waals surface area contributed by atoms with Gasteiger partial charge in [0.15, 0.2) is 5.78 Å². The molecule has 0 bridgehead atoms. The van der Waals surface area contributed by atoms with Crippen LogP contribution < -0.4 is 10.1 Å². The fourth-order valence-corrected chi connectivity index (χ4v) is 3.17. The van der Waals surface area contributed by atoms with Gasteiger partial charge in [0.2, 0.25) is 11.8 Å². The van der Waals surface area contributed by atoms with Crippen molar-refractivity contribution in [3.8, 4) is 5.75 Å². The lowest BCUT2D eigenvalue weighted by Crippen LogP contribution is -2.16. The summed E-state index contributed by atoms with van der Waals surface area (Å²) in [7, 11) is 0. The van der Waals surface area contributed by atoms with E-state index in [9.17, 15) is 14.4 Å². The van der Waals surface area contributed by atoms with Gasteiger partial charge in [-0.1, -0.05) is 11.6 Å². The highest BCUT2D eigenvalue weighted by Crippen LogP contribution is 2.29. The zero-order chi connectivity index (χ0) is 22.4. The molecule has 2 rings (SSSR count). The summed E-state index contributed by atoms with van der Waals surface area (Å²) >= 11 is 6.15. The summed E-state index contributed by atoms with van der Waals surface area (Å²) in [5.74, 6) is -0.569. The van der Waals surface area contributed by atoms with Crippen LogP contribution in [0.15, 0.2) is 16.5 Å². The van der Waals surface area contributed by atoms with E-state index in [4.69, 9.17) is 25.5 Å². The summed E-state index contributed by atoms with van der Waals surface area (Å²) < 4.78 is 16.1. The molecular formula is C22H26ClNO6. The summed E-state index contributed by atoms with van der Waals surface area (Å²) in [5.41, 5.74) is 1.90. The number of benzene rings is 1. The summed E-state index contributed by atoms with van der Waals surface area (Å²) in [6.45, 7) is 8.79. The summed E-state index contributed by atoms with van der Waals surface area (Å²) in [6, 6.07) is 3.69. The van der Waals surface area contributed by atoms with Crippen molar-refractivity contribution in [2.24, 2.45) is 0 Å². The highest BCUT2D eigenvalue weighted by Gasteiger charge is 2.28. The van der Waals surface area contributed by atoms with Crippen LogP contribution in [0.2, 0.25) is 5.02 Å². The molecule has 0 unspecified atom stereocenters. The molecule has 30 heavy (non-hydrogen) atoms. The molecule has 8 heteroatoms. The van der Waals surface area contributed by atoms with Crippen molar-refractivity contribution in [1.82, 2.24) is 0 Å². The van der Waals surface area contributed by atoms with Crippen molar-refractivity contribution in [2.45, 2.75) is 47.5 Å². The van der Waals surface area contributed by atoms with Gasteiger partial charge in [-0.3, -0.25) is 14.9 Å². The minimum Gasteiger partial charge on any atom is -0.494 e. The Morgan fingerprint density at radius 1 is 1.10 bits per heavy atom. The van der Waals surface area contributed by atoms with Gasteiger partial charge < -0.3 is 13.9 Å². The zero-order valence-corrected chi connectivity index (χ0v) is 18.6. The van der Waals surface area contributed by atoms with Crippen LogP contribution in [-0.4, -0.2) is 30.9 Å². The van der Waals surface area contributed by atoms with Crippen LogP contribution >= 0.6 is 11.6 Å². The van der Waals surface area contributed by atoms with Crippen molar-refractivity contribution >= 4 is 35.1 Å². The van der Waals surface area contributed by atoms with Gasteiger partial charge in [0, 0.05) is 11.4 Å². The van der Waals surface area contributed by atoms with Gasteiger partial charge in [-0.25, -0.2) is 4.79 Å². The number of rotatable bonds is 9. The van der Waals surface area contributed by atoms with E-state index < -0.39 is 5.97 Å². The number of nitrogens with one attached hydrogen (secondary N) is 1. The highest BCUT2D eigenvalue weighted by molar-refractivity contribution is 6.32. The third kappa shape index (κ3) is 5.63. The molecule has 1 aromatic carbocycles. The minimum absolute atomic E-state index is 0.0569. The Labute approximate surface area is 180 Å². The van der Waals surface area contributed by atoms with E-state index in [0.717, 1.165) is 11.1 Å². The second-order valence-corrected chi connectivity index (χ2v) is 7.26. The fraction of sp³-hybridized carbons (Fsp3) is 0.409. The molecule has 7 nitrogen and oxygen atoms in total. The molecule has 0 aliphatic rings. The van der Waals surface area contributed by atoms with Gasteiger partial charge in [-0.15, -0.1) is 0 Å². The van der Waals surface area contributed by atoms with Crippen molar-refractivity contribution in [3.05, 3.63) is 45.2 Å².